The minimum atomic E-state index is -0.488. The first kappa shape index (κ1) is 21.7. The molecule has 1 heterocycles. The van der Waals surface area contributed by atoms with Crippen LogP contribution in [0.15, 0.2) is 47.4 Å². The fourth-order valence-corrected chi connectivity index (χ4v) is 3.72. The number of nitrogens with zero attached hydrogens (tertiary/aromatic N) is 1. The Morgan fingerprint density at radius 3 is 2.67 bits per heavy atom. The van der Waals surface area contributed by atoms with E-state index in [1.54, 1.807) is 55.5 Å². The summed E-state index contributed by atoms with van der Waals surface area (Å²) in [7, 11) is 1.46. The van der Waals surface area contributed by atoms with Crippen molar-refractivity contribution in [2.75, 3.05) is 25.2 Å². The molecule has 9 heteroatoms. The first-order valence-electron chi connectivity index (χ1n) is 8.93. The van der Waals surface area contributed by atoms with Gasteiger partial charge in [-0.3, -0.25) is 9.59 Å². The van der Waals surface area contributed by atoms with E-state index in [4.69, 9.17) is 25.8 Å². The van der Waals surface area contributed by atoms with Crippen molar-refractivity contribution in [3.05, 3.63) is 58.0 Å². The third-order valence-electron chi connectivity index (χ3n) is 4.00. The molecule has 0 atom stereocenters. The molecule has 0 bridgehead atoms. The molecular formula is C21H18ClNO6S. The van der Waals surface area contributed by atoms with E-state index < -0.39 is 17.1 Å². The summed E-state index contributed by atoms with van der Waals surface area (Å²) in [5.41, 5.74) is 1.04. The predicted molar refractivity (Wildman–Crippen MR) is 115 cm³/mol. The van der Waals surface area contributed by atoms with E-state index >= 15 is 0 Å². The third kappa shape index (κ3) is 4.95. The molecule has 0 unspecified atom stereocenters. The Hall–Kier alpha value is -2.97. The second-order valence-electron chi connectivity index (χ2n) is 6.00. The van der Waals surface area contributed by atoms with Crippen molar-refractivity contribution < 1.29 is 28.6 Å². The van der Waals surface area contributed by atoms with Crippen LogP contribution < -0.4 is 14.4 Å². The molecule has 0 aromatic heterocycles. The summed E-state index contributed by atoms with van der Waals surface area (Å²) in [6, 6.07) is 11.5. The Kier molecular flexibility index (Phi) is 7.02. The Balaban J connectivity index is 1.80. The minimum Gasteiger partial charge on any atom is -0.493 e. The molecule has 1 saturated heterocycles. The molecule has 0 spiro atoms. The molecule has 2 aromatic rings. The largest absolute Gasteiger partial charge is 0.493 e. The number of rotatable bonds is 7. The fourth-order valence-electron chi connectivity index (χ4n) is 2.69. The highest BCUT2D eigenvalue weighted by molar-refractivity contribution is 8.19. The summed E-state index contributed by atoms with van der Waals surface area (Å²) < 4.78 is 15.6. The van der Waals surface area contributed by atoms with Crippen molar-refractivity contribution in [3.8, 4) is 11.5 Å². The number of benzene rings is 2. The number of methoxy groups -OCH3 is 1. The average molecular weight is 448 g/mol. The number of imide groups is 1. The summed E-state index contributed by atoms with van der Waals surface area (Å²) in [5, 5.41) is 0.0218. The van der Waals surface area contributed by atoms with Crippen LogP contribution in [-0.2, 0) is 14.3 Å². The molecule has 30 heavy (non-hydrogen) atoms. The molecule has 0 N–H and O–H groups in total. The Morgan fingerprint density at radius 1 is 1.17 bits per heavy atom. The van der Waals surface area contributed by atoms with E-state index in [-0.39, 0.29) is 18.1 Å². The van der Waals surface area contributed by atoms with Crippen LogP contribution in [0.2, 0.25) is 5.02 Å². The van der Waals surface area contributed by atoms with Gasteiger partial charge in [0.25, 0.3) is 11.1 Å². The van der Waals surface area contributed by atoms with Gasteiger partial charge in [-0.1, -0.05) is 23.7 Å². The van der Waals surface area contributed by atoms with Gasteiger partial charge in [-0.15, -0.1) is 0 Å². The van der Waals surface area contributed by atoms with Gasteiger partial charge in [0.1, 0.15) is 0 Å². The predicted octanol–water partition coefficient (Wildman–Crippen LogP) is 4.53. The second-order valence-corrected chi connectivity index (χ2v) is 7.43. The topological polar surface area (TPSA) is 82.1 Å². The van der Waals surface area contributed by atoms with Crippen molar-refractivity contribution in [1.82, 2.24) is 0 Å². The van der Waals surface area contributed by atoms with Gasteiger partial charge in [-0.2, -0.15) is 0 Å². The van der Waals surface area contributed by atoms with Crippen LogP contribution in [0.25, 0.3) is 6.08 Å². The van der Waals surface area contributed by atoms with E-state index in [2.05, 4.69) is 0 Å². The smallest absolute Gasteiger partial charge is 0.344 e. The standard InChI is InChI=1S/C21H18ClNO6S/c1-3-28-19(24)12-29-16-8-7-13(9-17(16)27-2)10-18-20(25)23(21(26)30-18)15-6-4-5-14(22)11-15/h4-11H,3,12H2,1-2H3/b18-10+. The van der Waals surface area contributed by atoms with E-state index in [1.165, 1.54) is 7.11 Å². The molecule has 1 aliphatic heterocycles. The lowest BCUT2D eigenvalue weighted by Gasteiger charge is -2.12. The molecule has 1 aliphatic rings. The molecule has 7 nitrogen and oxygen atoms in total. The van der Waals surface area contributed by atoms with Gasteiger partial charge in [0.2, 0.25) is 0 Å². The zero-order chi connectivity index (χ0) is 21.7. The normalized spacial score (nSPS) is 14.9. The van der Waals surface area contributed by atoms with Gasteiger partial charge in [0.15, 0.2) is 18.1 Å². The number of anilines is 1. The van der Waals surface area contributed by atoms with Crippen molar-refractivity contribution >= 4 is 52.2 Å². The van der Waals surface area contributed by atoms with E-state index in [0.717, 1.165) is 16.7 Å². The quantitative estimate of drug-likeness (QED) is 0.455. The number of amides is 2. The maximum Gasteiger partial charge on any atom is 0.344 e. The van der Waals surface area contributed by atoms with Gasteiger partial charge in [-0.05, 0) is 60.7 Å². The Labute approximate surface area is 182 Å². The average Bonchev–Trinajstić information content (AvgIpc) is 3.00. The molecule has 156 valence electrons. The van der Waals surface area contributed by atoms with E-state index in [0.29, 0.717) is 27.8 Å². The number of halogens is 1. The van der Waals surface area contributed by atoms with Gasteiger partial charge in [0, 0.05) is 5.02 Å². The summed E-state index contributed by atoms with van der Waals surface area (Å²) >= 11 is 6.81. The zero-order valence-electron chi connectivity index (χ0n) is 16.2. The monoisotopic (exact) mass is 447 g/mol. The van der Waals surface area contributed by atoms with Gasteiger partial charge < -0.3 is 14.2 Å². The molecule has 0 aliphatic carbocycles. The van der Waals surface area contributed by atoms with E-state index in [9.17, 15) is 14.4 Å². The van der Waals surface area contributed by atoms with Crippen LogP contribution >= 0.6 is 23.4 Å². The van der Waals surface area contributed by atoms with Crippen molar-refractivity contribution in [2.24, 2.45) is 0 Å². The number of carbonyl (C=O) groups excluding carboxylic acids is 3. The SMILES string of the molecule is CCOC(=O)COc1ccc(/C=C2/SC(=O)N(c3cccc(Cl)c3)C2=O)cc1OC. The highest BCUT2D eigenvalue weighted by Gasteiger charge is 2.36. The summed E-state index contributed by atoms with van der Waals surface area (Å²) in [4.78, 5) is 37.9. The fraction of sp³-hybridized carbons (Fsp3) is 0.190. The van der Waals surface area contributed by atoms with Gasteiger partial charge in [0.05, 0.1) is 24.3 Å². The highest BCUT2D eigenvalue weighted by Crippen LogP contribution is 2.37. The number of carbonyl (C=O) groups is 3. The maximum absolute atomic E-state index is 12.8. The molecule has 0 saturated carbocycles. The molecule has 1 fully saturated rings. The lowest BCUT2D eigenvalue weighted by atomic mass is 10.2. The highest BCUT2D eigenvalue weighted by atomic mass is 35.5. The van der Waals surface area contributed by atoms with Crippen LogP contribution in [-0.4, -0.2) is 37.4 Å². The van der Waals surface area contributed by atoms with Crippen molar-refractivity contribution in [3.63, 3.8) is 0 Å². The van der Waals surface area contributed by atoms with Gasteiger partial charge >= 0.3 is 5.97 Å². The lowest BCUT2D eigenvalue weighted by Crippen LogP contribution is -2.27. The maximum atomic E-state index is 12.8. The Morgan fingerprint density at radius 2 is 1.97 bits per heavy atom. The number of thioether (sulfide) groups is 1. The third-order valence-corrected chi connectivity index (χ3v) is 5.10. The molecule has 0 radical (unpaired) electrons. The van der Waals surface area contributed by atoms with Crippen LogP contribution in [0.1, 0.15) is 12.5 Å². The zero-order valence-corrected chi connectivity index (χ0v) is 17.8. The Bertz CT molecular complexity index is 1020. The molecule has 3 rings (SSSR count). The van der Waals surface area contributed by atoms with Crippen molar-refractivity contribution in [2.45, 2.75) is 6.92 Å². The van der Waals surface area contributed by atoms with Crippen LogP contribution in [0.5, 0.6) is 11.5 Å². The lowest BCUT2D eigenvalue weighted by molar-refractivity contribution is -0.145. The minimum absolute atomic E-state index is 0.248. The summed E-state index contributed by atoms with van der Waals surface area (Å²) in [5.74, 6) is -0.191. The number of hydrogen-bond acceptors (Lipinski definition) is 7. The van der Waals surface area contributed by atoms with Crippen LogP contribution in [0.3, 0.4) is 0 Å². The van der Waals surface area contributed by atoms with Crippen LogP contribution in [0.4, 0.5) is 10.5 Å². The number of esters is 1. The number of ether oxygens (including phenoxy) is 3. The van der Waals surface area contributed by atoms with Crippen molar-refractivity contribution in [1.29, 1.82) is 0 Å². The first-order valence-corrected chi connectivity index (χ1v) is 10.1. The first-order chi connectivity index (χ1) is 14.4. The molecule has 2 amide bonds. The number of hydrogen-bond donors (Lipinski definition) is 0. The van der Waals surface area contributed by atoms with E-state index in [1.807, 2.05) is 0 Å². The second kappa shape index (κ2) is 9.69. The van der Waals surface area contributed by atoms with Crippen LogP contribution in [0, 0.1) is 0 Å². The molecular weight excluding hydrogens is 430 g/mol. The van der Waals surface area contributed by atoms with Gasteiger partial charge in [-0.25, -0.2) is 9.69 Å². The molecule has 2 aromatic carbocycles. The summed E-state index contributed by atoms with van der Waals surface area (Å²) in [6.45, 7) is 1.73. The summed E-state index contributed by atoms with van der Waals surface area (Å²) in [6.07, 6.45) is 1.59.